The van der Waals surface area contributed by atoms with Crippen LogP contribution >= 0.6 is 0 Å². The highest BCUT2D eigenvalue weighted by molar-refractivity contribution is 6.10. The maximum absolute atomic E-state index is 4.27. The molecule has 0 spiro atoms. The minimum atomic E-state index is -0.261. The Bertz CT molecular complexity index is 4420. The highest BCUT2D eigenvalue weighted by atomic mass is 15.1. The quantitative estimate of drug-likeness (QED) is 0.126. The molecule has 0 saturated carbocycles. The second kappa shape index (κ2) is 19.0. The molecule has 0 radical (unpaired) electrons. The summed E-state index contributed by atoms with van der Waals surface area (Å²) in [7, 11) is 0. The summed E-state index contributed by atoms with van der Waals surface area (Å²) >= 11 is 0. The molecule has 11 aromatic carbocycles. The monoisotopic (exact) mass is 997 g/mol. The van der Waals surface area contributed by atoms with Crippen LogP contribution < -0.4 is 4.90 Å². The van der Waals surface area contributed by atoms with E-state index < -0.39 is 0 Å². The lowest BCUT2D eigenvalue weighted by Gasteiger charge is -2.28. The van der Waals surface area contributed by atoms with Gasteiger partial charge >= 0.3 is 0 Å². The fourth-order valence-electron chi connectivity index (χ4n) is 12.2. The Kier molecular flexibility index (Phi) is 11.3. The number of anilines is 3. The summed E-state index contributed by atoms with van der Waals surface area (Å²) in [5, 5.41) is 3.68. The summed E-state index contributed by atoms with van der Waals surface area (Å²) < 4.78 is 4.72. The van der Waals surface area contributed by atoms with E-state index in [0.717, 1.165) is 50.8 Å². The number of hydrogen-bond donors (Lipinski definition) is 0. The molecule has 0 atom stereocenters. The molecule has 14 rings (SSSR count). The van der Waals surface area contributed by atoms with Gasteiger partial charge in [0.15, 0.2) is 0 Å². The van der Waals surface area contributed by atoms with Crippen LogP contribution in [-0.4, -0.2) is 9.13 Å². The van der Waals surface area contributed by atoms with Gasteiger partial charge in [-0.05, 0) is 152 Å². The summed E-state index contributed by atoms with van der Waals surface area (Å²) in [6.07, 6.45) is 6.51. The molecule has 0 unspecified atom stereocenters. The van der Waals surface area contributed by atoms with Gasteiger partial charge in [-0.2, -0.15) is 0 Å². The summed E-state index contributed by atoms with van der Waals surface area (Å²) in [5.74, 6) is 0. The van der Waals surface area contributed by atoms with Crippen molar-refractivity contribution in [1.29, 1.82) is 0 Å². The average molecular weight is 998 g/mol. The number of rotatable bonds is 11. The second-order valence-corrected chi connectivity index (χ2v) is 21.0. The first-order valence-corrected chi connectivity index (χ1v) is 26.9. The average Bonchev–Trinajstić information content (AvgIpc) is 4.32. The van der Waals surface area contributed by atoms with Crippen molar-refractivity contribution in [3.63, 3.8) is 0 Å². The molecule has 0 N–H and O–H groups in total. The van der Waals surface area contributed by atoms with Gasteiger partial charge in [0.25, 0.3) is 0 Å². The minimum absolute atomic E-state index is 0.261. The van der Waals surface area contributed by atoms with Crippen molar-refractivity contribution in [3.05, 3.63) is 301 Å². The fraction of sp³-hybridized carbons (Fsp3) is 0.0400. The van der Waals surface area contributed by atoms with Crippen LogP contribution in [-0.2, 0) is 5.41 Å². The maximum atomic E-state index is 4.27. The molecule has 2 aromatic heterocycles. The maximum Gasteiger partial charge on any atom is 0.0541 e. The Balaban J connectivity index is 0.826. The number of para-hydroxylation sites is 4. The topological polar surface area (TPSA) is 13.1 Å². The van der Waals surface area contributed by atoms with E-state index in [4.69, 9.17) is 0 Å². The first kappa shape index (κ1) is 46.6. The molecular formula is C75H55N3. The molecule has 78 heavy (non-hydrogen) atoms. The molecular weight excluding hydrogens is 943 g/mol. The summed E-state index contributed by atoms with van der Waals surface area (Å²) in [6, 6.07) is 97.3. The van der Waals surface area contributed by atoms with Crippen molar-refractivity contribution in [2.45, 2.75) is 19.3 Å². The number of nitrogens with zero attached hydrogens (tertiary/aromatic N) is 3. The van der Waals surface area contributed by atoms with Crippen molar-refractivity contribution in [2.75, 3.05) is 4.90 Å². The van der Waals surface area contributed by atoms with E-state index in [1.807, 2.05) is 6.08 Å². The van der Waals surface area contributed by atoms with Crippen LogP contribution in [0.5, 0.6) is 0 Å². The lowest BCUT2D eigenvalue weighted by atomic mass is 9.81. The minimum Gasteiger partial charge on any atom is -0.310 e. The van der Waals surface area contributed by atoms with Gasteiger partial charge in [-0.3, -0.25) is 0 Å². The molecule has 0 amide bonds. The van der Waals surface area contributed by atoms with Crippen LogP contribution in [0.4, 0.5) is 17.1 Å². The standard InChI is InChI=1S/C75H55N3/c1-4-63-66-24-14-16-26-71(66)77(58-20-10-6-11-21-58)73(63)46-29-51-28-44-64-65-45-43-62(50-70(65)75(2,3)69(64)48-51)76(60-39-34-55(35-40-60)54-32-30-53(31-33-54)52-18-8-5-9-19-52)61-41-36-56(37-42-61)57-38-47-74-68(49-57)67-25-15-17-27-72(67)78(74)59-22-12-7-13-23-59/h4-50H,1H2,2-3H3/b46-29+. The predicted molar refractivity (Wildman–Crippen MR) is 332 cm³/mol. The number of benzene rings is 11. The Morgan fingerprint density at radius 3 is 1.42 bits per heavy atom. The Morgan fingerprint density at radius 1 is 0.359 bits per heavy atom. The number of aromatic nitrogens is 2. The van der Waals surface area contributed by atoms with E-state index in [2.05, 4.69) is 314 Å². The van der Waals surface area contributed by atoms with Gasteiger partial charge in [0.1, 0.15) is 0 Å². The molecule has 13 aromatic rings. The van der Waals surface area contributed by atoms with Gasteiger partial charge in [-0.15, -0.1) is 0 Å². The van der Waals surface area contributed by atoms with E-state index in [0.29, 0.717) is 0 Å². The van der Waals surface area contributed by atoms with Crippen LogP contribution in [0, 0.1) is 0 Å². The lowest BCUT2D eigenvalue weighted by molar-refractivity contribution is 0.660. The third-order valence-corrected chi connectivity index (χ3v) is 16.1. The summed E-state index contributed by atoms with van der Waals surface area (Å²) in [5.41, 5.74) is 24.6. The zero-order valence-electron chi connectivity index (χ0n) is 43.7. The first-order chi connectivity index (χ1) is 38.4. The zero-order chi connectivity index (χ0) is 52.3. The van der Waals surface area contributed by atoms with Crippen LogP contribution in [0.15, 0.2) is 273 Å². The van der Waals surface area contributed by atoms with Crippen LogP contribution in [0.2, 0.25) is 0 Å². The van der Waals surface area contributed by atoms with E-state index >= 15 is 0 Å². The largest absolute Gasteiger partial charge is 0.310 e. The van der Waals surface area contributed by atoms with Crippen molar-refractivity contribution < 1.29 is 0 Å². The Hall–Kier alpha value is -9.96. The molecule has 3 nitrogen and oxygen atoms in total. The van der Waals surface area contributed by atoms with E-state index in [-0.39, 0.29) is 5.41 Å². The number of hydrogen-bond acceptors (Lipinski definition) is 1. The molecule has 2 heterocycles. The van der Waals surface area contributed by atoms with Gasteiger partial charge in [0.05, 0.1) is 22.2 Å². The van der Waals surface area contributed by atoms with E-state index in [9.17, 15) is 0 Å². The van der Waals surface area contributed by atoms with Crippen molar-refractivity contribution in [1.82, 2.24) is 9.13 Å². The molecule has 0 bridgehead atoms. The molecule has 370 valence electrons. The number of fused-ring (bicyclic) bond motifs is 7. The molecule has 0 aliphatic heterocycles. The predicted octanol–water partition coefficient (Wildman–Crippen LogP) is 20.3. The molecule has 1 aliphatic rings. The third-order valence-electron chi connectivity index (χ3n) is 16.1. The third kappa shape index (κ3) is 7.90. The van der Waals surface area contributed by atoms with Gasteiger partial charge in [-0.1, -0.05) is 215 Å². The highest BCUT2D eigenvalue weighted by Gasteiger charge is 2.36. The van der Waals surface area contributed by atoms with Crippen LogP contribution in [0.3, 0.4) is 0 Å². The van der Waals surface area contributed by atoms with Crippen LogP contribution in [0.25, 0.3) is 107 Å². The molecule has 3 heteroatoms. The Labute approximate surface area is 456 Å². The van der Waals surface area contributed by atoms with Crippen LogP contribution in [0.1, 0.15) is 41.8 Å². The van der Waals surface area contributed by atoms with E-state index in [1.165, 1.54) is 82.8 Å². The fourth-order valence-corrected chi connectivity index (χ4v) is 12.2. The first-order valence-electron chi connectivity index (χ1n) is 26.9. The van der Waals surface area contributed by atoms with Crippen molar-refractivity contribution in [3.8, 4) is 55.9 Å². The van der Waals surface area contributed by atoms with Gasteiger partial charge < -0.3 is 14.0 Å². The van der Waals surface area contributed by atoms with Crippen molar-refractivity contribution in [2.24, 2.45) is 0 Å². The SMILES string of the molecule is C=Cc1c(/C=C/c2ccc3c(c2)C(C)(C)c2cc(N(c4ccc(-c5ccc(-c6ccccc6)cc5)cc4)c4ccc(-c5ccc6c(c5)c5ccccc5n6-c5ccccc5)cc4)ccc2-3)n(-c2ccccc2)c2ccccc12. The second-order valence-electron chi connectivity index (χ2n) is 21.0. The summed E-state index contributed by atoms with van der Waals surface area (Å²) in [4.78, 5) is 2.42. The molecule has 1 aliphatic carbocycles. The summed E-state index contributed by atoms with van der Waals surface area (Å²) in [6.45, 7) is 9.03. The smallest absolute Gasteiger partial charge is 0.0541 e. The highest BCUT2D eigenvalue weighted by Crippen LogP contribution is 2.51. The van der Waals surface area contributed by atoms with Gasteiger partial charge in [0.2, 0.25) is 0 Å². The van der Waals surface area contributed by atoms with Gasteiger partial charge in [0, 0.05) is 55.6 Å². The molecule has 0 fully saturated rings. The van der Waals surface area contributed by atoms with E-state index in [1.54, 1.807) is 0 Å². The van der Waals surface area contributed by atoms with Crippen molar-refractivity contribution >= 4 is 68.0 Å². The Morgan fingerprint density at radius 2 is 0.808 bits per heavy atom. The lowest BCUT2D eigenvalue weighted by Crippen LogP contribution is -2.16. The zero-order valence-corrected chi connectivity index (χ0v) is 43.7. The normalized spacial score (nSPS) is 12.6. The molecule has 0 saturated heterocycles. The van der Waals surface area contributed by atoms with Gasteiger partial charge in [-0.25, -0.2) is 0 Å².